The summed E-state index contributed by atoms with van der Waals surface area (Å²) >= 11 is 0. The van der Waals surface area contributed by atoms with Gasteiger partial charge in [-0.05, 0) is 114 Å². The first-order valence-electron chi connectivity index (χ1n) is 21.3. The van der Waals surface area contributed by atoms with Crippen molar-refractivity contribution in [2.24, 2.45) is 30.7 Å². The SMILES string of the molecule is Nc1cc(N)c(S(=O)(=O)[O-])cc1N=Nc1ccc2c(c1)C(=O)/C(=N\Nc1ccc(Nc3ccc(N/N=C4\C(=O)c5cc(N=Nc6cc(S(=O)(=O)[O-])c(N)cc6N)ccc5C=C4S(=O)(=O)[O-])cc3S(=O)(=O)[O-])cc1)C(S(=O)(=O)[O-])=C2.[Na+].[Na+].[Na+].[Na+].[Na+]. The molecule has 2 aliphatic rings. The molecule has 0 radical (unpaired) electrons. The van der Waals surface area contributed by atoms with Crippen LogP contribution in [0.4, 0.5) is 68.2 Å². The van der Waals surface area contributed by atoms with Crippen molar-refractivity contribution < 1.29 is 222 Å². The van der Waals surface area contributed by atoms with Crippen molar-refractivity contribution in [3.8, 4) is 0 Å². The van der Waals surface area contributed by atoms with Gasteiger partial charge < -0.3 is 51.0 Å². The summed E-state index contributed by atoms with van der Waals surface area (Å²) in [4.78, 5) is 22.8. The second-order valence-electron chi connectivity index (χ2n) is 16.3. The number of Topliss-reactive ketones (excluding diaryl/α,β-unsaturated/α-hetero) is 2. The number of allylic oxidation sites excluding steroid dienone is 2. The Kier molecular flexibility index (Phi) is 25.4. The van der Waals surface area contributed by atoms with E-state index in [1.54, 1.807) is 0 Å². The first-order chi connectivity index (χ1) is 36.8. The van der Waals surface area contributed by atoms with Gasteiger partial charge in [-0.3, -0.25) is 20.4 Å². The Morgan fingerprint density at radius 2 is 0.750 bits per heavy atom. The first-order valence-corrected chi connectivity index (χ1v) is 28.3. The van der Waals surface area contributed by atoms with Crippen LogP contribution in [-0.4, -0.2) is 87.8 Å². The number of nitrogens with one attached hydrogen (secondary N) is 3. The van der Waals surface area contributed by atoms with E-state index in [4.69, 9.17) is 22.9 Å². The van der Waals surface area contributed by atoms with Crippen LogP contribution in [0, 0.1) is 0 Å². The Labute approximate surface area is 587 Å². The number of azo groups is 2. The molecule has 6 aromatic carbocycles. The van der Waals surface area contributed by atoms with Crippen molar-refractivity contribution in [3.05, 3.63) is 135 Å². The number of hydrazone groups is 2. The predicted octanol–water partition coefficient (Wildman–Crippen LogP) is -10.6. The fourth-order valence-corrected chi connectivity index (χ4v) is 10.5. The molecule has 0 atom stereocenters. The molecule has 0 unspecified atom stereocenters. The number of nitrogen functional groups attached to an aromatic ring is 4. The third-order valence-electron chi connectivity index (χ3n) is 11.0. The molecule has 0 amide bonds. The third-order valence-corrected chi connectivity index (χ3v) is 15.3. The fourth-order valence-electron chi connectivity index (χ4n) is 7.31. The predicted molar refractivity (Wildman–Crippen MR) is 278 cm³/mol. The summed E-state index contributed by atoms with van der Waals surface area (Å²) in [6.07, 6.45) is 1.71. The zero-order valence-corrected chi connectivity index (χ0v) is 58.0. The van der Waals surface area contributed by atoms with Gasteiger partial charge in [-0.2, -0.15) is 20.4 Å². The molecule has 0 saturated carbocycles. The average molecular weight is 1290 g/mol. The molecule has 11 N–H and O–H groups in total. The Balaban J connectivity index is 0.00000370. The molecular formula is C44H30N13Na5O17S5. The van der Waals surface area contributed by atoms with E-state index < -0.39 is 109 Å². The van der Waals surface area contributed by atoms with Crippen molar-refractivity contribution in [3.63, 3.8) is 0 Å². The van der Waals surface area contributed by atoms with Gasteiger partial charge in [0.05, 0.1) is 75.7 Å². The fraction of sp³-hybridized carbons (Fsp3) is 0. The van der Waals surface area contributed by atoms with Gasteiger partial charge in [0.2, 0.25) is 11.6 Å². The molecule has 6 aromatic rings. The van der Waals surface area contributed by atoms with Crippen molar-refractivity contribution in [1.82, 2.24) is 0 Å². The largest absolute Gasteiger partial charge is 1.00 e. The zero-order chi connectivity index (χ0) is 57.7. The maximum Gasteiger partial charge on any atom is 1.00 e. The monoisotopic (exact) mass is 1290 g/mol. The molecule has 0 bridgehead atoms. The van der Waals surface area contributed by atoms with E-state index in [0.29, 0.717) is 0 Å². The maximum absolute atomic E-state index is 13.7. The summed E-state index contributed by atoms with van der Waals surface area (Å²) in [6, 6.07) is 18.8. The summed E-state index contributed by atoms with van der Waals surface area (Å²) in [5, 5.41) is 25.8. The second-order valence-corrected chi connectivity index (χ2v) is 23.1. The van der Waals surface area contributed by atoms with Gasteiger partial charge in [0.15, 0.2) is 0 Å². The van der Waals surface area contributed by atoms with E-state index in [1.807, 2.05) is 0 Å². The third kappa shape index (κ3) is 17.3. The van der Waals surface area contributed by atoms with Gasteiger partial charge in [0, 0.05) is 16.8 Å². The van der Waals surface area contributed by atoms with E-state index >= 15 is 0 Å². The molecule has 0 saturated heterocycles. The van der Waals surface area contributed by atoms with Crippen LogP contribution < -0.4 is 187 Å². The minimum atomic E-state index is -5.43. The summed E-state index contributed by atoms with van der Waals surface area (Å²) in [6.45, 7) is 0. The summed E-state index contributed by atoms with van der Waals surface area (Å²) < 4.78 is 181. The standard InChI is InChI=1S/C44H35N13O17S5.5Na/c45-29-16-31(47)36(75(60,61)62)18-34(29)54-51-24-3-1-20-11-39(78(69,70)71)41(43(58)27(20)13-24)56-50-23-7-5-22(6-8-23)49-33-10-9-26(15-38(33)77(66,67)68)53-57-42-40(79(72,73)74)12-21-2-4-25(14-28(21)44(42)59)52-55-35-19-37(76(63,64)65)32(48)17-30(35)46;;;;;/h1-19,49-50,53H,45-48H2,(H,60,61,62)(H,63,64,65)(H,66,67,68)(H,69,70,71)(H,72,73,74);;;;;/q;5*+1/p-5/b54-51?,55-52?,56-41-,57-42-;;;;;. The minimum absolute atomic E-state index is 0. The number of ketones is 2. The molecule has 0 heterocycles. The molecule has 8 rings (SSSR count). The zero-order valence-electron chi connectivity index (χ0n) is 43.9. The number of anilines is 8. The summed E-state index contributed by atoms with van der Waals surface area (Å²) in [5.74, 6) is -2.23. The number of nitrogens with two attached hydrogens (primary N) is 4. The molecule has 0 aliphatic heterocycles. The quantitative estimate of drug-likeness (QED) is 0.0165. The van der Waals surface area contributed by atoms with Crippen LogP contribution in [-0.2, 0) is 50.6 Å². The summed E-state index contributed by atoms with van der Waals surface area (Å²) in [7, 11) is -26.2. The number of nitrogens with zero attached hydrogens (tertiary/aromatic N) is 6. The molecule has 0 aromatic heterocycles. The number of carbonyl (C=O) groups excluding carboxylic acids is 2. The number of benzene rings is 6. The number of fused-ring (bicyclic) bond motifs is 2. The molecule has 84 heavy (non-hydrogen) atoms. The second kappa shape index (κ2) is 28.8. The van der Waals surface area contributed by atoms with Gasteiger partial charge >= 0.3 is 148 Å². The Morgan fingerprint density at radius 1 is 0.381 bits per heavy atom. The van der Waals surface area contributed by atoms with Crippen molar-refractivity contribution in [1.29, 1.82) is 0 Å². The van der Waals surface area contributed by atoms with Crippen molar-refractivity contribution in [2.45, 2.75) is 14.7 Å². The number of carbonyl (C=O) groups is 2. The van der Waals surface area contributed by atoms with Crippen LogP contribution in [0.15, 0.2) is 158 Å². The van der Waals surface area contributed by atoms with Crippen molar-refractivity contribution >= 4 is 154 Å². The average Bonchev–Trinajstić information content (AvgIpc) is 3.34. The van der Waals surface area contributed by atoms with Crippen LogP contribution in [0.5, 0.6) is 0 Å². The van der Waals surface area contributed by atoms with E-state index in [1.165, 1.54) is 48.5 Å². The van der Waals surface area contributed by atoms with Crippen LogP contribution in [0.25, 0.3) is 12.2 Å². The molecule has 2 aliphatic carbocycles. The minimum Gasteiger partial charge on any atom is -0.744 e. The van der Waals surface area contributed by atoms with Gasteiger partial charge in [-0.1, -0.05) is 12.1 Å². The van der Waals surface area contributed by atoms with Gasteiger partial charge in [-0.15, -0.1) is 10.2 Å². The first kappa shape index (κ1) is 74.1. The van der Waals surface area contributed by atoms with Crippen LogP contribution >= 0.6 is 0 Å². The topological polar surface area (TPSA) is 534 Å². The van der Waals surface area contributed by atoms with Gasteiger partial charge in [0.25, 0.3) is 0 Å². The van der Waals surface area contributed by atoms with E-state index in [9.17, 15) is 74.4 Å². The van der Waals surface area contributed by atoms with Gasteiger partial charge in [0.1, 0.15) is 73.4 Å². The van der Waals surface area contributed by atoms with E-state index in [2.05, 4.69) is 46.8 Å². The Morgan fingerprint density at radius 3 is 1.13 bits per heavy atom. The molecule has 0 fully saturated rings. The van der Waals surface area contributed by atoms with E-state index in [-0.39, 0.29) is 227 Å². The van der Waals surface area contributed by atoms with Crippen molar-refractivity contribution in [2.75, 3.05) is 39.1 Å². The smallest absolute Gasteiger partial charge is 0.744 e. The molecule has 0 spiro atoms. The summed E-state index contributed by atoms with van der Waals surface area (Å²) in [5.41, 5.74) is 22.7. The van der Waals surface area contributed by atoms with Gasteiger partial charge in [-0.25, -0.2) is 42.1 Å². The molecule has 408 valence electrons. The molecular weight excluding hydrogens is 1260 g/mol. The number of hydrogen-bond donors (Lipinski definition) is 7. The molecule has 40 heteroatoms. The number of hydrogen-bond acceptors (Lipinski definition) is 30. The van der Waals surface area contributed by atoms with Crippen LogP contribution in [0.3, 0.4) is 0 Å². The maximum atomic E-state index is 13.7. The normalized spacial score (nSPS) is 14.3. The number of rotatable bonds is 15. The van der Waals surface area contributed by atoms with Crippen LogP contribution in [0.1, 0.15) is 31.8 Å². The molecule has 30 nitrogen and oxygen atoms in total. The Bertz CT molecular complexity index is 4480. The Hall–Kier alpha value is -4.17. The van der Waals surface area contributed by atoms with Crippen LogP contribution in [0.2, 0.25) is 0 Å². The van der Waals surface area contributed by atoms with E-state index in [0.717, 1.165) is 66.7 Å².